The van der Waals surface area contributed by atoms with Crippen molar-refractivity contribution in [2.75, 3.05) is 19.6 Å². The van der Waals surface area contributed by atoms with E-state index in [1.54, 1.807) is 0 Å². The SMILES string of the molecule is CC(CN)CC1CCCN(C(=O)OC(C)(C)C)C1. The second kappa shape index (κ2) is 6.41. The maximum Gasteiger partial charge on any atom is 0.410 e. The van der Waals surface area contributed by atoms with Crippen LogP contribution in [0.25, 0.3) is 0 Å². The van der Waals surface area contributed by atoms with E-state index in [-0.39, 0.29) is 6.09 Å². The Morgan fingerprint density at radius 2 is 2.17 bits per heavy atom. The largest absolute Gasteiger partial charge is 0.444 e. The lowest BCUT2D eigenvalue weighted by atomic mass is 9.89. The number of hydrogen-bond donors (Lipinski definition) is 1. The summed E-state index contributed by atoms with van der Waals surface area (Å²) in [7, 11) is 0. The maximum absolute atomic E-state index is 12.0. The molecule has 1 aliphatic rings. The molecule has 4 heteroatoms. The summed E-state index contributed by atoms with van der Waals surface area (Å²) >= 11 is 0. The van der Waals surface area contributed by atoms with E-state index in [9.17, 15) is 4.79 Å². The van der Waals surface area contributed by atoms with Gasteiger partial charge in [-0.05, 0) is 58.4 Å². The maximum atomic E-state index is 12.0. The molecule has 1 amide bonds. The predicted molar refractivity (Wildman–Crippen MR) is 73.4 cm³/mol. The zero-order valence-electron chi connectivity index (χ0n) is 12.2. The quantitative estimate of drug-likeness (QED) is 0.844. The van der Waals surface area contributed by atoms with E-state index in [2.05, 4.69) is 6.92 Å². The molecule has 1 heterocycles. The fraction of sp³-hybridized carbons (Fsp3) is 0.929. The number of amides is 1. The number of nitrogens with two attached hydrogens (primary N) is 1. The molecule has 0 spiro atoms. The fourth-order valence-electron chi connectivity index (χ4n) is 2.42. The van der Waals surface area contributed by atoms with Gasteiger partial charge < -0.3 is 15.4 Å². The third-order valence-electron chi connectivity index (χ3n) is 3.31. The topological polar surface area (TPSA) is 55.6 Å². The third-order valence-corrected chi connectivity index (χ3v) is 3.31. The van der Waals surface area contributed by atoms with Crippen LogP contribution in [0.3, 0.4) is 0 Å². The molecule has 0 radical (unpaired) electrons. The van der Waals surface area contributed by atoms with E-state index < -0.39 is 5.60 Å². The molecule has 1 rings (SSSR count). The highest BCUT2D eigenvalue weighted by atomic mass is 16.6. The van der Waals surface area contributed by atoms with Crippen LogP contribution in [0.5, 0.6) is 0 Å². The van der Waals surface area contributed by atoms with Gasteiger partial charge in [-0.2, -0.15) is 0 Å². The first-order chi connectivity index (χ1) is 8.31. The Morgan fingerprint density at radius 1 is 1.50 bits per heavy atom. The minimum atomic E-state index is -0.408. The summed E-state index contributed by atoms with van der Waals surface area (Å²) in [5.74, 6) is 1.11. The molecule has 1 saturated heterocycles. The lowest BCUT2D eigenvalue weighted by molar-refractivity contribution is 0.0154. The lowest BCUT2D eigenvalue weighted by Gasteiger charge is -2.35. The molecule has 0 saturated carbocycles. The van der Waals surface area contributed by atoms with Crippen LogP contribution in [0.2, 0.25) is 0 Å². The van der Waals surface area contributed by atoms with Gasteiger partial charge in [0.2, 0.25) is 0 Å². The third kappa shape index (κ3) is 5.25. The highest BCUT2D eigenvalue weighted by molar-refractivity contribution is 5.68. The number of nitrogens with zero attached hydrogens (tertiary/aromatic N) is 1. The molecular formula is C14H28N2O2. The Hall–Kier alpha value is -0.770. The second-order valence-corrected chi connectivity index (χ2v) is 6.51. The van der Waals surface area contributed by atoms with Crippen LogP contribution in [0, 0.1) is 11.8 Å². The van der Waals surface area contributed by atoms with Crippen LogP contribution in [0.4, 0.5) is 4.79 Å². The number of carbonyl (C=O) groups is 1. The minimum absolute atomic E-state index is 0.174. The van der Waals surface area contributed by atoms with Gasteiger partial charge in [0.1, 0.15) is 5.60 Å². The van der Waals surface area contributed by atoms with Crippen LogP contribution in [0.15, 0.2) is 0 Å². The van der Waals surface area contributed by atoms with Gasteiger partial charge >= 0.3 is 6.09 Å². The molecule has 0 bridgehead atoms. The molecular weight excluding hydrogens is 228 g/mol. The molecule has 0 aromatic heterocycles. The van der Waals surface area contributed by atoms with Crippen LogP contribution in [-0.2, 0) is 4.74 Å². The Labute approximate surface area is 111 Å². The molecule has 106 valence electrons. The normalized spacial score (nSPS) is 22.7. The minimum Gasteiger partial charge on any atom is -0.444 e. The predicted octanol–water partition coefficient (Wildman–Crippen LogP) is 2.62. The lowest BCUT2D eigenvalue weighted by Crippen LogP contribution is -2.43. The van der Waals surface area contributed by atoms with Crippen LogP contribution in [-0.4, -0.2) is 36.2 Å². The summed E-state index contributed by atoms with van der Waals surface area (Å²) in [5.41, 5.74) is 5.25. The van der Waals surface area contributed by atoms with Crippen LogP contribution >= 0.6 is 0 Å². The molecule has 0 aromatic rings. The second-order valence-electron chi connectivity index (χ2n) is 6.51. The van der Waals surface area contributed by atoms with Gasteiger partial charge in [-0.3, -0.25) is 0 Å². The van der Waals surface area contributed by atoms with Gasteiger partial charge in [-0.25, -0.2) is 4.79 Å². The molecule has 2 N–H and O–H groups in total. The Morgan fingerprint density at radius 3 is 2.72 bits per heavy atom. The summed E-state index contributed by atoms with van der Waals surface area (Å²) in [5, 5.41) is 0. The van der Waals surface area contributed by atoms with E-state index in [1.165, 1.54) is 6.42 Å². The summed E-state index contributed by atoms with van der Waals surface area (Å²) in [6.45, 7) is 10.3. The van der Waals surface area contributed by atoms with Crippen molar-refractivity contribution in [1.29, 1.82) is 0 Å². The molecule has 18 heavy (non-hydrogen) atoms. The Balaban J connectivity index is 2.45. The van der Waals surface area contributed by atoms with Crippen molar-refractivity contribution in [3.63, 3.8) is 0 Å². The molecule has 0 aliphatic carbocycles. The van der Waals surface area contributed by atoms with Crippen LogP contribution < -0.4 is 5.73 Å². The zero-order valence-corrected chi connectivity index (χ0v) is 12.2. The number of piperidine rings is 1. The van der Waals surface area contributed by atoms with Gasteiger partial charge in [-0.1, -0.05) is 6.92 Å². The van der Waals surface area contributed by atoms with Crippen LogP contribution in [0.1, 0.15) is 47.0 Å². The molecule has 2 atom stereocenters. The standard InChI is InChI=1S/C14H28N2O2/c1-11(9-15)8-12-6-5-7-16(10-12)13(17)18-14(2,3)4/h11-12H,5-10,15H2,1-4H3. The zero-order chi connectivity index (χ0) is 13.8. The summed E-state index contributed by atoms with van der Waals surface area (Å²) in [6, 6.07) is 0. The molecule has 0 aromatic carbocycles. The Kier molecular flexibility index (Phi) is 5.45. The molecule has 2 unspecified atom stereocenters. The fourth-order valence-corrected chi connectivity index (χ4v) is 2.42. The monoisotopic (exact) mass is 256 g/mol. The highest BCUT2D eigenvalue weighted by Gasteiger charge is 2.27. The van der Waals surface area contributed by atoms with Crippen molar-refractivity contribution in [1.82, 2.24) is 4.90 Å². The van der Waals surface area contributed by atoms with Crippen molar-refractivity contribution in [3.05, 3.63) is 0 Å². The van der Waals surface area contributed by atoms with E-state index in [1.807, 2.05) is 25.7 Å². The summed E-state index contributed by atoms with van der Waals surface area (Å²) in [6.07, 6.45) is 3.20. The molecule has 1 fully saturated rings. The molecule has 4 nitrogen and oxygen atoms in total. The first kappa shape index (κ1) is 15.3. The van der Waals surface area contributed by atoms with Crippen molar-refractivity contribution in [3.8, 4) is 0 Å². The van der Waals surface area contributed by atoms with Gasteiger partial charge in [0.25, 0.3) is 0 Å². The average Bonchev–Trinajstić information content (AvgIpc) is 2.27. The van der Waals surface area contributed by atoms with Gasteiger partial charge in [-0.15, -0.1) is 0 Å². The summed E-state index contributed by atoms with van der Waals surface area (Å²) in [4.78, 5) is 13.8. The van der Waals surface area contributed by atoms with Crippen molar-refractivity contribution in [2.45, 2.75) is 52.6 Å². The van der Waals surface area contributed by atoms with E-state index in [0.29, 0.717) is 11.8 Å². The average molecular weight is 256 g/mol. The van der Waals surface area contributed by atoms with E-state index >= 15 is 0 Å². The molecule has 1 aliphatic heterocycles. The van der Waals surface area contributed by atoms with Gasteiger partial charge in [0.15, 0.2) is 0 Å². The number of likely N-dealkylation sites (tertiary alicyclic amines) is 1. The number of carbonyl (C=O) groups excluding carboxylic acids is 1. The van der Waals surface area contributed by atoms with Crippen molar-refractivity contribution >= 4 is 6.09 Å². The van der Waals surface area contributed by atoms with Gasteiger partial charge in [0.05, 0.1) is 0 Å². The van der Waals surface area contributed by atoms with E-state index in [0.717, 1.165) is 32.5 Å². The smallest absolute Gasteiger partial charge is 0.410 e. The van der Waals surface area contributed by atoms with Gasteiger partial charge in [0, 0.05) is 13.1 Å². The van der Waals surface area contributed by atoms with Crippen molar-refractivity contribution in [2.24, 2.45) is 17.6 Å². The van der Waals surface area contributed by atoms with Crippen molar-refractivity contribution < 1.29 is 9.53 Å². The number of ether oxygens (including phenoxy) is 1. The van der Waals surface area contributed by atoms with E-state index in [4.69, 9.17) is 10.5 Å². The highest BCUT2D eigenvalue weighted by Crippen LogP contribution is 2.24. The Bertz CT molecular complexity index is 273. The number of rotatable bonds is 3. The first-order valence-electron chi connectivity index (χ1n) is 7.00. The first-order valence-corrected chi connectivity index (χ1v) is 7.00. The summed E-state index contributed by atoms with van der Waals surface area (Å²) < 4.78 is 5.42. The number of hydrogen-bond acceptors (Lipinski definition) is 3.